The van der Waals surface area contributed by atoms with E-state index in [1.807, 2.05) is 24.3 Å². The quantitative estimate of drug-likeness (QED) is 0.768. The Morgan fingerprint density at radius 2 is 1.62 bits per heavy atom. The summed E-state index contributed by atoms with van der Waals surface area (Å²) < 4.78 is 22.2. The third kappa shape index (κ3) is 5.28. The first-order valence-electron chi connectivity index (χ1n) is 5.47. The second-order valence-electron chi connectivity index (χ2n) is 4.13. The number of rotatable bonds is 6. The molecule has 0 unspecified atom stereocenters. The second kappa shape index (κ2) is 6.01. The minimum absolute atomic E-state index is 0.121. The summed E-state index contributed by atoms with van der Waals surface area (Å²) in [7, 11) is -2.93. The zero-order valence-electron chi connectivity index (χ0n) is 9.65. The molecule has 0 amide bonds. The molecule has 1 aromatic carbocycles. The summed E-state index contributed by atoms with van der Waals surface area (Å²) in [4.78, 5) is 0. The van der Waals surface area contributed by atoms with Crippen molar-refractivity contribution >= 4 is 9.84 Å². The molecule has 0 radical (unpaired) electrons. The van der Waals surface area contributed by atoms with E-state index in [9.17, 15) is 8.42 Å². The Balaban J connectivity index is 2.54. The number of hydrogen-bond donors (Lipinski definition) is 1. The van der Waals surface area contributed by atoms with Gasteiger partial charge in [0.25, 0.3) is 0 Å². The molecular weight excluding hydrogens is 222 g/mol. The van der Waals surface area contributed by atoms with E-state index in [1.165, 1.54) is 11.8 Å². The summed E-state index contributed by atoms with van der Waals surface area (Å²) in [6, 6.07) is 7.77. The van der Waals surface area contributed by atoms with Gasteiger partial charge in [-0.2, -0.15) is 0 Å². The lowest BCUT2D eigenvalue weighted by Gasteiger charge is -2.03. The molecular formula is C12H19NO2S. The van der Waals surface area contributed by atoms with Crippen LogP contribution in [0.25, 0.3) is 0 Å². The van der Waals surface area contributed by atoms with Gasteiger partial charge in [0.2, 0.25) is 0 Å². The van der Waals surface area contributed by atoms with Gasteiger partial charge in [0.1, 0.15) is 0 Å². The Kier molecular flexibility index (Phi) is 4.96. The van der Waals surface area contributed by atoms with Crippen molar-refractivity contribution in [2.24, 2.45) is 5.73 Å². The monoisotopic (exact) mass is 241 g/mol. The van der Waals surface area contributed by atoms with Gasteiger partial charge >= 0.3 is 0 Å². The van der Waals surface area contributed by atoms with Crippen molar-refractivity contribution < 1.29 is 8.42 Å². The van der Waals surface area contributed by atoms with Crippen molar-refractivity contribution in [3.8, 4) is 0 Å². The van der Waals surface area contributed by atoms with Gasteiger partial charge in [-0.05, 0) is 36.9 Å². The van der Waals surface area contributed by atoms with E-state index >= 15 is 0 Å². The van der Waals surface area contributed by atoms with Crippen LogP contribution < -0.4 is 5.73 Å². The number of hydrogen-bond acceptors (Lipinski definition) is 3. The summed E-state index contributed by atoms with van der Waals surface area (Å²) in [5, 5.41) is 0. The Morgan fingerprint density at radius 1 is 1.06 bits per heavy atom. The Labute approximate surface area is 97.6 Å². The van der Waals surface area contributed by atoms with Crippen LogP contribution in [0.2, 0.25) is 0 Å². The number of aryl methyl sites for hydroxylation is 1. The minimum Gasteiger partial charge on any atom is -0.330 e. The van der Waals surface area contributed by atoms with Crippen molar-refractivity contribution in [1.29, 1.82) is 0 Å². The van der Waals surface area contributed by atoms with Gasteiger partial charge in [0.05, 0.1) is 5.75 Å². The van der Waals surface area contributed by atoms with Crippen LogP contribution in [0.4, 0.5) is 0 Å². The Morgan fingerprint density at radius 3 is 2.12 bits per heavy atom. The minimum atomic E-state index is -2.93. The van der Waals surface area contributed by atoms with Crippen LogP contribution in [0.3, 0.4) is 0 Å². The second-order valence-corrected chi connectivity index (χ2v) is 6.27. The average Bonchev–Trinajstić information content (AvgIpc) is 2.19. The maximum absolute atomic E-state index is 11.1. The van der Waals surface area contributed by atoms with Crippen LogP contribution in [-0.4, -0.2) is 21.2 Å². The van der Waals surface area contributed by atoms with Gasteiger partial charge in [-0.3, -0.25) is 0 Å². The first-order chi connectivity index (χ1) is 7.51. The molecule has 1 rings (SSSR count). The normalized spacial score (nSPS) is 11.6. The van der Waals surface area contributed by atoms with Crippen LogP contribution >= 0.6 is 0 Å². The molecule has 0 heterocycles. The van der Waals surface area contributed by atoms with Gasteiger partial charge < -0.3 is 5.73 Å². The smallest absolute Gasteiger partial charge is 0.151 e. The van der Waals surface area contributed by atoms with Crippen LogP contribution in [-0.2, 0) is 22.0 Å². The molecule has 0 atom stereocenters. The number of benzene rings is 1. The first kappa shape index (κ1) is 13.2. The van der Waals surface area contributed by atoms with E-state index in [4.69, 9.17) is 5.73 Å². The molecule has 4 heteroatoms. The largest absolute Gasteiger partial charge is 0.330 e. The van der Waals surface area contributed by atoms with E-state index in [-0.39, 0.29) is 5.75 Å². The van der Waals surface area contributed by atoms with Crippen LogP contribution in [0.1, 0.15) is 24.0 Å². The first-order valence-corrected chi connectivity index (χ1v) is 7.53. The van der Waals surface area contributed by atoms with Gasteiger partial charge in [-0.15, -0.1) is 0 Å². The lowest BCUT2D eigenvalue weighted by molar-refractivity contribution is 0.601. The molecule has 3 nitrogen and oxygen atoms in total. The molecule has 1 aromatic rings. The van der Waals surface area contributed by atoms with Crippen molar-refractivity contribution in [2.75, 3.05) is 12.8 Å². The van der Waals surface area contributed by atoms with Crippen molar-refractivity contribution in [3.05, 3.63) is 35.4 Å². The zero-order valence-corrected chi connectivity index (χ0v) is 10.5. The molecule has 0 aliphatic heterocycles. The highest BCUT2D eigenvalue weighted by Gasteiger charge is 2.03. The zero-order chi connectivity index (χ0) is 12.0. The maximum atomic E-state index is 11.1. The fraction of sp³-hybridized carbons (Fsp3) is 0.500. The lowest BCUT2D eigenvalue weighted by Crippen LogP contribution is -2.01. The van der Waals surface area contributed by atoms with Gasteiger partial charge in [-0.25, -0.2) is 8.42 Å². The van der Waals surface area contributed by atoms with E-state index in [0.717, 1.165) is 31.4 Å². The summed E-state index contributed by atoms with van der Waals surface area (Å²) in [5.74, 6) is 0.121. The number of nitrogens with two attached hydrogens (primary N) is 1. The summed E-state index contributed by atoms with van der Waals surface area (Å²) >= 11 is 0. The van der Waals surface area contributed by atoms with Crippen molar-refractivity contribution in [1.82, 2.24) is 0 Å². The average molecular weight is 241 g/mol. The predicted octanol–water partition coefficient (Wildman–Crippen LogP) is 1.51. The van der Waals surface area contributed by atoms with E-state index in [2.05, 4.69) is 0 Å². The van der Waals surface area contributed by atoms with Gasteiger partial charge in [0, 0.05) is 6.26 Å². The molecule has 90 valence electrons. The van der Waals surface area contributed by atoms with Crippen LogP contribution in [0.15, 0.2) is 24.3 Å². The van der Waals surface area contributed by atoms with Crippen LogP contribution in [0.5, 0.6) is 0 Å². The highest BCUT2D eigenvalue weighted by atomic mass is 32.2. The van der Waals surface area contributed by atoms with E-state index < -0.39 is 9.84 Å². The third-order valence-electron chi connectivity index (χ3n) is 2.37. The highest BCUT2D eigenvalue weighted by molar-refractivity contribution is 7.89. The van der Waals surface area contributed by atoms with Gasteiger partial charge in [-0.1, -0.05) is 24.3 Å². The molecule has 0 bridgehead atoms. The molecule has 0 aliphatic carbocycles. The topological polar surface area (TPSA) is 60.2 Å². The molecule has 0 spiro atoms. The molecule has 0 aliphatic rings. The fourth-order valence-corrected chi connectivity index (χ4v) is 2.38. The van der Waals surface area contributed by atoms with Crippen LogP contribution in [0, 0.1) is 0 Å². The standard InChI is InChI=1S/C12H19NO2S/c1-16(14,15)10-12-7-5-11(6-8-12)4-2-3-9-13/h5-8H,2-4,9-10,13H2,1H3. The van der Waals surface area contributed by atoms with Crippen molar-refractivity contribution in [3.63, 3.8) is 0 Å². The highest BCUT2D eigenvalue weighted by Crippen LogP contribution is 2.10. The summed E-state index contributed by atoms with van der Waals surface area (Å²) in [6.45, 7) is 0.728. The van der Waals surface area contributed by atoms with E-state index in [1.54, 1.807) is 0 Å². The molecule has 16 heavy (non-hydrogen) atoms. The predicted molar refractivity (Wildman–Crippen MR) is 67.0 cm³/mol. The van der Waals surface area contributed by atoms with E-state index in [0.29, 0.717) is 0 Å². The molecule has 0 aromatic heterocycles. The van der Waals surface area contributed by atoms with Crippen molar-refractivity contribution in [2.45, 2.75) is 25.0 Å². The lowest BCUT2D eigenvalue weighted by atomic mass is 10.1. The number of unbranched alkanes of at least 4 members (excludes halogenated alkanes) is 1. The molecule has 0 saturated carbocycles. The SMILES string of the molecule is CS(=O)(=O)Cc1ccc(CCCCN)cc1. The number of sulfone groups is 1. The summed E-state index contributed by atoms with van der Waals surface area (Å²) in [5.41, 5.74) is 7.51. The summed E-state index contributed by atoms with van der Waals surface area (Å²) in [6.07, 6.45) is 4.38. The molecule has 0 saturated heterocycles. The van der Waals surface area contributed by atoms with Gasteiger partial charge in [0.15, 0.2) is 9.84 Å². The maximum Gasteiger partial charge on any atom is 0.151 e. The third-order valence-corrected chi connectivity index (χ3v) is 3.23. The Hall–Kier alpha value is -0.870. The molecule has 0 fully saturated rings. The Bertz CT molecular complexity index is 409. The fourth-order valence-electron chi connectivity index (χ4n) is 1.58. The molecule has 2 N–H and O–H groups in total.